The van der Waals surface area contributed by atoms with Crippen molar-refractivity contribution in [3.8, 4) is 17.6 Å². The van der Waals surface area contributed by atoms with Gasteiger partial charge in [-0.2, -0.15) is 0 Å². The normalized spacial score (nSPS) is 9.90. The Bertz CT molecular complexity index is 687. The third-order valence-electron chi connectivity index (χ3n) is 2.63. The van der Waals surface area contributed by atoms with Crippen LogP contribution in [0.25, 0.3) is 0 Å². The van der Waals surface area contributed by atoms with Crippen LogP contribution in [0.5, 0.6) is 5.75 Å². The van der Waals surface area contributed by atoms with E-state index in [1.807, 2.05) is 0 Å². The second-order valence-electron chi connectivity index (χ2n) is 4.20. The molecular formula is C16H12Cl2FNO. The van der Waals surface area contributed by atoms with E-state index in [0.717, 1.165) is 5.56 Å². The molecule has 2 N–H and O–H groups in total. The lowest BCUT2D eigenvalue weighted by Crippen LogP contribution is -2.00. The van der Waals surface area contributed by atoms with Gasteiger partial charge in [0.05, 0.1) is 6.54 Å². The molecule has 0 spiro atoms. The highest BCUT2D eigenvalue weighted by molar-refractivity contribution is 6.34. The van der Waals surface area contributed by atoms with E-state index in [2.05, 4.69) is 11.8 Å². The van der Waals surface area contributed by atoms with E-state index in [1.165, 1.54) is 12.1 Å². The number of hydrogen-bond acceptors (Lipinski definition) is 2. The van der Waals surface area contributed by atoms with Gasteiger partial charge >= 0.3 is 0 Å². The predicted molar refractivity (Wildman–Crippen MR) is 83.1 cm³/mol. The Morgan fingerprint density at radius 3 is 2.48 bits per heavy atom. The van der Waals surface area contributed by atoms with Crippen molar-refractivity contribution in [3.63, 3.8) is 0 Å². The molecule has 0 saturated carbocycles. The molecule has 0 heterocycles. The van der Waals surface area contributed by atoms with Gasteiger partial charge in [-0.05, 0) is 30.3 Å². The van der Waals surface area contributed by atoms with Crippen molar-refractivity contribution >= 4 is 23.2 Å². The Kier molecular flexibility index (Phi) is 5.46. The van der Waals surface area contributed by atoms with Crippen LogP contribution in [0.1, 0.15) is 11.1 Å². The number of halogens is 3. The summed E-state index contributed by atoms with van der Waals surface area (Å²) in [5.74, 6) is 5.71. The maximum Gasteiger partial charge on any atom is 0.124 e. The smallest absolute Gasteiger partial charge is 0.124 e. The van der Waals surface area contributed by atoms with Gasteiger partial charge in [-0.1, -0.05) is 41.1 Å². The highest BCUT2D eigenvalue weighted by Gasteiger charge is 2.05. The molecule has 0 unspecified atom stereocenters. The zero-order chi connectivity index (χ0) is 15.2. The summed E-state index contributed by atoms with van der Waals surface area (Å²) in [7, 11) is 0. The fourth-order valence-electron chi connectivity index (χ4n) is 1.71. The lowest BCUT2D eigenvalue weighted by atomic mass is 10.1. The molecule has 5 heteroatoms. The highest BCUT2D eigenvalue weighted by Crippen LogP contribution is 2.25. The summed E-state index contributed by atoms with van der Waals surface area (Å²) in [6.45, 7) is 0.437. The maximum atomic E-state index is 13.3. The monoisotopic (exact) mass is 323 g/mol. The Morgan fingerprint density at radius 2 is 1.81 bits per heavy atom. The fourth-order valence-corrected chi connectivity index (χ4v) is 2.22. The zero-order valence-corrected chi connectivity index (χ0v) is 12.5. The van der Waals surface area contributed by atoms with Crippen molar-refractivity contribution in [3.05, 3.63) is 63.4 Å². The Hall–Kier alpha value is -1.73. The highest BCUT2D eigenvalue weighted by atomic mass is 35.5. The van der Waals surface area contributed by atoms with Crippen LogP contribution < -0.4 is 10.5 Å². The van der Waals surface area contributed by atoms with Gasteiger partial charge in [-0.25, -0.2) is 4.39 Å². The molecule has 0 amide bonds. The number of rotatable bonds is 3. The first-order valence-corrected chi connectivity index (χ1v) is 6.90. The Balaban J connectivity index is 2.19. The van der Waals surface area contributed by atoms with Gasteiger partial charge in [0.15, 0.2) is 0 Å². The zero-order valence-electron chi connectivity index (χ0n) is 11.0. The van der Waals surface area contributed by atoms with Crippen molar-refractivity contribution in [2.45, 2.75) is 6.61 Å². The quantitative estimate of drug-likeness (QED) is 0.866. The SMILES string of the molecule is NCC#Cc1cc(F)ccc1COc1cc(Cl)cc(Cl)c1. The van der Waals surface area contributed by atoms with Crippen molar-refractivity contribution in [2.75, 3.05) is 6.54 Å². The van der Waals surface area contributed by atoms with Gasteiger partial charge in [-0.15, -0.1) is 0 Å². The minimum Gasteiger partial charge on any atom is -0.489 e. The minimum atomic E-state index is -0.356. The summed E-state index contributed by atoms with van der Waals surface area (Å²) in [6.07, 6.45) is 0. The molecule has 0 saturated heterocycles. The summed E-state index contributed by atoms with van der Waals surface area (Å²) in [6, 6.07) is 9.27. The lowest BCUT2D eigenvalue weighted by Gasteiger charge is -2.09. The van der Waals surface area contributed by atoms with E-state index >= 15 is 0 Å². The van der Waals surface area contributed by atoms with Gasteiger partial charge in [-0.3, -0.25) is 0 Å². The van der Waals surface area contributed by atoms with Crippen LogP contribution in [0, 0.1) is 17.7 Å². The predicted octanol–water partition coefficient (Wildman–Crippen LogP) is 4.02. The van der Waals surface area contributed by atoms with Gasteiger partial charge in [0.2, 0.25) is 0 Å². The van der Waals surface area contributed by atoms with Crippen LogP contribution in [-0.2, 0) is 6.61 Å². The second-order valence-corrected chi connectivity index (χ2v) is 5.07. The van der Waals surface area contributed by atoms with Gasteiger partial charge < -0.3 is 10.5 Å². The Labute approximate surface area is 132 Å². The molecule has 0 aliphatic heterocycles. The molecule has 2 aromatic carbocycles. The van der Waals surface area contributed by atoms with Crippen molar-refractivity contribution in [1.29, 1.82) is 0 Å². The second kappa shape index (κ2) is 7.33. The van der Waals surface area contributed by atoms with E-state index in [1.54, 1.807) is 24.3 Å². The molecule has 0 aliphatic rings. The van der Waals surface area contributed by atoms with Gasteiger partial charge in [0, 0.05) is 21.2 Å². The molecule has 2 rings (SSSR count). The topological polar surface area (TPSA) is 35.2 Å². The van der Waals surface area contributed by atoms with Crippen LogP contribution in [0.15, 0.2) is 36.4 Å². The van der Waals surface area contributed by atoms with Crippen molar-refractivity contribution in [1.82, 2.24) is 0 Å². The molecule has 2 nitrogen and oxygen atoms in total. The van der Waals surface area contributed by atoms with Gasteiger partial charge in [0.25, 0.3) is 0 Å². The molecule has 0 aliphatic carbocycles. The minimum absolute atomic E-state index is 0.209. The van der Waals surface area contributed by atoms with Crippen LogP contribution >= 0.6 is 23.2 Å². The Morgan fingerprint density at radius 1 is 1.10 bits per heavy atom. The molecule has 0 aromatic heterocycles. The van der Waals surface area contributed by atoms with E-state index < -0.39 is 0 Å². The maximum absolute atomic E-state index is 13.3. The number of hydrogen-bond donors (Lipinski definition) is 1. The third kappa shape index (κ3) is 4.64. The van der Waals surface area contributed by atoms with E-state index in [4.69, 9.17) is 33.7 Å². The molecular weight excluding hydrogens is 312 g/mol. The summed E-state index contributed by atoms with van der Waals surface area (Å²) in [5, 5.41) is 0.972. The summed E-state index contributed by atoms with van der Waals surface area (Å²) >= 11 is 11.8. The molecule has 2 aromatic rings. The largest absolute Gasteiger partial charge is 0.489 e. The average Bonchev–Trinajstić information content (AvgIpc) is 2.43. The van der Waals surface area contributed by atoms with Crippen molar-refractivity contribution in [2.24, 2.45) is 5.73 Å². The summed E-state index contributed by atoms with van der Waals surface area (Å²) in [4.78, 5) is 0. The van der Waals surface area contributed by atoms with Crippen LogP contribution in [0.4, 0.5) is 4.39 Å². The summed E-state index contributed by atoms with van der Waals surface area (Å²) < 4.78 is 18.9. The first-order chi connectivity index (χ1) is 10.1. The molecule has 0 radical (unpaired) electrons. The van der Waals surface area contributed by atoms with Gasteiger partial charge in [0.1, 0.15) is 18.2 Å². The fraction of sp³-hybridized carbons (Fsp3) is 0.125. The van der Waals surface area contributed by atoms with Crippen LogP contribution in [0.3, 0.4) is 0 Å². The standard InChI is InChI=1S/C16H12Cl2FNO/c17-13-7-14(18)9-16(8-13)21-10-12-3-4-15(19)6-11(12)2-1-5-20/h3-4,6-9H,5,10,20H2. The van der Waals surface area contributed by atoms with E-state index in [-0.39, 0.29) is 19.0 Å². The third-order valence-corrected chi connectivity index (χ3v) is 3.06. The molecule has 21 heavy (non-hydrogen) atoms. The summed E-state index contributed by atoms with van der Waals surface area (Å²) in [5.41, 5.74) is 6.64. The lowest BCUT2D eigenvalue weighted by molar-refractivity contribution is 0.306. The number of nitrogens with two attached hydrogens (primary N) is 1. The first kappa shape index (κ1) is 15.7. The van der Waals surface area contributed by atoms with Crippen LogP contribution in [0.2, 0.25) is 10.0 Å². The number of benzene rings is 2. The van der Waals surface area contributed by atoms with Crippen molar-refractivity contribution < 1.29 is 9.13 Å². The molecule has 0 atom stereocenters. The van der Waals surface area contributed by atoms with Crippen LogP contribution in [-0.4, -0.2) is 6.54 Å². The van der Waals surface area contributed by atoms with E-state index in [0.29, 0.717) is 21.4 Å². The average molecular weight is 324 g/mol. The van der Waals surface area contributed by atoms with E-state index in [9.17, 15) is 4.39 Å². The number of ether oxygens (including phenoxy) is 1. The molecule has 0 fully saturated rings. The molecule has 0 bridgehead atoms. The molecule has 108 valence electrons. The first-order valence-electron chi connectivity index (χ1n) is 6.15.